The third kappa shape index (κ3) is 3.29. The van der Waals surface area contributed by atoms with Crippen molar-refractivity contribution in [2.24, 2.45) is 4.99 Å². The molecule has 134 valence electrons. The number of rotatable bonds is 4. The van der Waals surface area contributed by atoms with Crippen LogP contribution in [0, 0.1) is 11.3 Å². The second-order valence-corrected chi connectivity index (χ2v) is 7.27. The minimum atomic E-state index is -0.389. The van der Waals surface area contributed by atoms with Crippen molar-refractivity contribution in [3.05, 3.63) is 63.7 Å². The summed E-state index contributed by atoms with van der Waals surface area (Å²) in [5.74, 6) is 0.835. The average Bonchev–Trinajstić information content (AvgIpc) is 3.41. The predicted molar refractivity (Wildman–Crippen MR) is 104 cm³/mol. The van der Waals surface area contributed by atoms with Gasteiger partial charge in [0.2, 0.25) is 0 Å². The fraction of sp³-hybridized carbons (Fsp3) is 0.190. The van der Waals surface area contributed by atoms with E-state index < -0.39 is 0 Å². The summed E-state index contributed by atoms with van der Waals surface area (Å²) < 4.78 is 10.6. The quantitative estimate of drug-likeness (QED) is 0.479. The minimum absolute atomic E-state index is 0.389. The van der Waals surface area contributed by atoms with E-state index in [9.17, 15) is 10.1 Å². The number of hydrogen-bond acceptors (Lipinski definition) is 6. The third-order valence-electron chi connectivity index (χ3n) is 4.52. The molecule has 0 aliphatic heterocycles. The van der Waals surface area contributed by atoms with Crippen LogP contribution in [-0.2, 0) is 17.6 Å². The van der Waals surface area contributed by atoms with Gasteiger partial charge in [-0.15, -0.1) is 11.3 Å². The van der Waals surface area contributed by atoms with E-state index in [1.165, 1.54) is 12.0 Å². The number of methoxy groups -OCH3 is 1. The Morgan fingerprint density at radius 2 is 2.22 bits per heavy atom. The van der Waals surface area contributed by atoms with Crippen molar-refractivity contribution in [3.63, 3.8) is 0 Å². The lowest BCUT2D eigenvalue weighted by Gasteiger charge is -2.01. The number of thiophene rings is 1. The maximum absolute atomic E-state index is 11.7. The number of fused-ring (bicyclic) bond motifs is 1. The van der Waals surface area contributed by atoms with Gasteiger partial charge in [0.1, 0.15) is 22.6 Å². The maximum atomic E-state index is 11.7. The monoisotopic (exact) mass is 376 g/mol. The Bertz CT molecular complexity index is 1090. The Labute approximate surface area is 160 Å². The predicted octanol–water partition coefficient (Wildman–Crippen LogP) is 4.91. The molecule has 3 aromatic rings. The number of aryl methyl sites for hydroxylation is 1. The van der Waals surface area contributed by atoms with Crippen LogP contribution in [0.5, 0.6) is 0 Å². The standard InChI is InChI=1S/C21H16N2O3S/c1-25-21(24)14-5-2-4-13(10-14)18-9-8-15(26-18)12-23-20-17(11-22)16-6-3-7-19(16)27-20/h2,4-5,8-10,12H,3,6-7H2,1H3. The highest BCUT2D eigenvalue weighted by molar-refractivity contribution is 7.16. The van der Waals surface area contributed by atoms with E-state index in [0.29, 0.717) is 22.6 Å². The second kappa shape index (κ2) is 7.22. The Balaban J connectivity index is 1.58. The molecule has 0 bridgehead atoms. The first-order valence-corrected chi connectivity index (χ1v) is 9.38. The van der Waals surface area contributed by atoms with Gasteiger partial charge in [0.25, 0.3) is 0 Å². The van der Waals surface area contributed by atoms with Crippen LogP contribution < -0.4 is 0 Å². The van der Waals surface area contributed by atoms with Crippen molar-refractivity contribution in [1.29, 1.82) is 5.26 Å². The number of nitrogens with zero attached hydrogens (tertiary/aromatic N) is 2. The highest BCUT2D eigenvalue weighted by Gasteiger charge is 2.21. The highest BCUT2D eigenvalue weighted by atomic mass is 32.1. The van der Waals surface area contributed by atoms with Crippen molar-refractivity contribution in [3.8, 4) is 17.4 Å². The minimum Gasteiger partial charge on any atom is -0.465 e. The molecule has 1 aliphatic carbocycles. The maximum Gasteiger partial charge on any atom is 0.337 e. The molecule has 0 N–H and O–H groups in total. The Morgan fingerprint density at radius 3 is 3.04 bits per heavy atom. The van der Waals surface area contributed by atoms with E-state index >= 15 is 0 Å². The number of aliphatic imine (C=N–C) groups is 1. The molecule has 1 aliphatic rings. The Kier molecular flexibility index (Phi) is 4.61. The molecular weight excluding hydrogens is 360 g/mol. The lowest BCUT2D eigenvalue weighted by molar-refractivity contribution is 0.0601. The summed E-state index contributed by atoms with van der Waals surface area (Å²) in [4.78, 5) is 17.4. The average molecular weight is 376 g/mol. The number of carbonyl (C=O) groups is 1. The van der Waals surface area contributed by atoms with Gasteiger partial charge in [-0.2, -0.15) is 5.26 Å². The summed E-state index contributed by atoms with van der Waals surface area (Å²) in [5.41, 5.74) is 3.11. The van der Waals surface area contributed by atoms with Gasteiger partial charge in [0, 0.05) is 10.4 Å². The van der Waals surface area contributed by atoms with E-state index in [0.717, 1.165) is 35.4 Å². The van der Waals surface area contributed by atoms with Crippen LogP contribution >= 0.6 is 11.3 Å². The SMILES string of the molecule is COC(=O)c1cccc(-c2ccc(C=Nc3sc4c(c3C#N)CCC4)o2)c1. The van der Waals surface area contributed by atoms with Gasteiger partial charge in [0.05, 0.1) is 24.5 Å². The van der Waals surface area contributed by atoms with Crippen molar-refractivity contribution in [1.82, 2.24) is 0 Å². The molecule has 0 spiro atoms. The van der Waals surface area contributed by atoms with E-state index in [4.69, 9.17) is 9.15 Å². The van der Waals surface area contributed by atoms with Gasteiger partial charge in [0.15, 0.2) is 0 Å². The van der Waals surface area contributed by atoms with Crippen LogP contribution in [0.4, 0.5) is 5.00 Å². The molecule has 2 heterocycles. The second-order valence-electron chi connectivity index (χ2n) is 6.18. The molecule has 5 nitrogen and oxygen atoms in total. The number of ether oxygens (including phenoxy) is 1. The summed E-state index contributed by atoms with van der Waals surface area (Å²) in [6.07, 6.45) is 4.75. The van der Waals surface area contributed by atoms with Crippen LogP contribution in [0.3, 0.4) is 0 Å². The lowest BCUT2D eigenvalue weighted by Crippen LogP contribution is -2.00. The molecular formula is C21H16N2O3S. The van der Waals surface area contributed by atoms with Crippen LogP contribution in [0.15, 0.2) is 45.8 Å². The van der Waals surface area contributed by atoms with Crippen LogP contribution in [0.1, 0.15) is 38.5 Å². The van der Waals surface area contributed by atoms with Crippen molar-refractivity contribution < 1.29 is 13.9 Å². The molecule has 27 heavy (non-hydrogen) atoms. The van der Waals surface area contributed by atoms with Crippen molar-refractivity contribution >= 4 is 28.5 Å². The Morgan fingerprint density at radius 1 is 1.33 bits per heavy atom. The number of nitriles is 1. The number of hydrogen-bond donors (Lipinski definition) is 0. The molecule has 6 heteroatoms. The number of carbonyl (C=O) groups excluding carboxylic acids is 1. The van der Waals surface area contributed by atoms with E-state index in [1.807, 2.05) is 18.2 Å². The molecule has 0 atom stereocenters. The zero-order valence-corrected chi connectivity index (χ0v) is 15.5. The number of benzene rings is 1. The molecule has 1 aromatic carbocycles. The fourth-order valence-corrected chi connectivity index (χ4v) is 4.40. The van der Waals surface area contributed by atoms with Crippen molar-refractivity contribution in [2.75, 3.05) is 7.11 Å². The summed E-state index contributed by atoms with van der Waals surface area (Å²) >= 11 is 1.59. The number of esters is 1. The van der Waals surface area contributed by atoms with Gasteiger partial charge in [-0.05, 0) is 49.1 Å². The van der Waals surface area contributed by atoms with Crippen LogP contribution in [0.2, 0.25) is 0 Å². The topological polar surface area (TPSA) is 75.6 Å². The molecule has 0 unspecified atom stereocenters. The summed E-state index contributed by atoms with van der Waals surface area (Å²) in [7, 11) is 1.35. The highest BCUT2D eigenvalue weighted by Crippen LogP contribution is 2.40. The van der Waals surface area contributed by atoms with E-state index in [2.05, 4.69) is 11.1 Å². The van der Waals surface area contributed by atoms with Crippen molar-refractivity contribution in [2.45, 2.75) is 19.3 Å². The molecule has 0 amide bonds. The molecule has 0 saturated heterocycles. The Hall–Kier alpha value is -3.17. The summed E-state index contributed by atoms with van der Waals surface area (Å²) in [5, 5.41) is 10.2. The molecule has 0 radical (unpaired) electrons. The van der Waals surface area contributed by atoms with Gasteiger partial charge < -0.3 is 9.15 Å². The van der Waals surface area contributed by atoms with Gasteiger partial charge in [-0.1, -0.05) is 12.1 Å². The third-order valence-corrected chi connectivity index (χ3v) is 5.72. The largest absolute Gasteiger partial charge is 0.465 e. The van der Waals surface area contributed by atoms with Crippen LogP contribution in [-0.4, -0.2) is 19.3 Å². The summed E-state index contributed by atoms with van der Waals surface area (Å²) in [6, 6.07) is 13.0. The molecule has 4 rings (SSSR count). The normalized spacial score (nSPS) is 12.9. The summed E-state index contributed by atoms with van der Waals surface area (Å²) in [6.45, 7) is 0. The lowest BCUT2D eigenvalue weighted by atomic mass is 10.1. The van der Waals surface area contributed by atoms with E-state index in [-0.39, 0.29) is 5.97 Å². The van der Waals surface area contributed by atoms with Gasteiger partial charge >= 0.3 is 5.97 Å². The molecule has 0 fully saturated rings. The van der Waals surface area contributed by atoms with Gasteiger partial charge in [-0.25, -0.2) is 9.79 Å². The van der Waals surface area contributed by atoms with Crippen LogP contribution in [0.25, 0.3) is 11.3 Å². The zero-order chi connectivity index (χ0) is 18.8. The molecule has 0 saturated carbocycles. The smallest absolute Gasteiger partial charge is 0.337 e. The molecule has 2 aromatic heterocycles. The first-order chi connectivity index (χ1) is 13.2. The number of furan rings is 1. The first-order valence-electron chi connectivity index (χ1n) is 8.57. The fourth-order valence-electron chi connectivity index (χ4n) is 3.21. The zero-order valence-electron chi connectivity index (χ0n) is 14.7. The van der Waals surface area contributed by atoms with Gasteiger partial charge in [-0.3, -0.25) is 0 Å². The van der Waals surface area contributed by atoms with E-state index in [1.54, 1.807) is 35.8 Å². The first kappa shape index (κ1) is 17.3.